The van der Waals surface area contributed by atoms with E-state index in [-0.39, 0.29) is 29.6 Å². The van der Waals surface area contributed by atoms with Crippen LogP contribution in [-0.2, 0) is 9.84 Å². The monoisotopic (exact) mass is 332 g/mol. The summed E-state index contributed by atoms with van der Waals surface area (Å²) in [4.78, 5) is 14.1. The fraction of sp³-hybridized carbons (Fsp3) is 0.938. The predicted octanol–water partition coefficient (Wildman–Crippen LogP) is 2.67. The van der Waals surface area contributed by atoms with Crippen molar-refractivity contribution in [2.24, 2.45) is 11.8 Å². The van der Waals surface area contributed by atoms with Crippen molar-refractivity contribution in [1.82, 2.24) is 10.2 Å². The number of hydrogen-bond acceptors (Lipinski definition) is 3. The molecular formula is C16H32N2O3S. The van der Waals surface area contributed by atoms with E-state index in [1.54, 1.807) is 11.8 Å². The molecular weight excluding hydrogens is 300 g/mol. The van der Waals surface area contributed by atoms with Gasteiger partial charge in [-0.15, -0.1) is 0 Å². The van der Waals surface area contributed by atoms with Crippen LogP contribution in [0.15, 0.2) is 0 Å². The fourth-order valence-electron chi connectivity index (χ4n) is 3.35. The van der Waals surface area contributed by atoms with Crippen molar-refractivity contribution in [3.05, 3.63) is 0 Å². The third-order valence-electron chi connectivity index (χ3n) is 4.81. The van der Waals surface area contributed by atoms with Gasteiger partial charge in [-0.1, -0.05) is 20.8 Å². The summed E-state index contributed by atoms with van der Waals surface area (Å²) in [5, 5.41) is 3.12. The van der Waals surface area contributed by atoms with E-state index in [4.69, 9.17) is 0 Å². The van der Waals surface area contributed by atoms with E-state index in [0.717, 1.165) is 25.2 Å². The Labute approximate surface area is 135 Å². The fourth-order valence-corrected chi connectivity index (χ4v) is 4.50. The molecule has 0 aromatic heterocycles. The first-order valence-electron chi connectivity index (χ1n) is 8.47. The molecule has 4 unspecified atom stereocenters. The lowest BCUT2D eigenvalue weighted by molar-refractivity contribution is 0.166. The van der Waals surface area contributed by atoms with Crippen LogP contribution in [0.4, 0.5) is 4.79 Å². The molecule has 1 fully saturated rings. The summed E-state index contributed by atoms with van der Waals surface area (Å²) in [7, 11) is -3.08. The highest BCUT2D eigenvalue weighted by Crippen LogP contribution is 2.28. The predicted molar refractivity (Wildman–Crippen MR) is 90.7 cm³/mol. The summed E-state index contributed by atoms with van der Waals surface area (Å²) in [6.45, 7) is 10.3. The first-order chi connectivity index (χ1) is 10.2. The van der Waals surface area contributed by atoms with Gasteiger partial charge in [-0.05, 0) is 44.9 Å². The Morgan fingerprint density at radius 3 is 2.41 bits per heavy atom. The molecule has 5 nitrogen and oxygen atoms in total. The average Bonchev–Trinajstić information content (AvgIpc) is 2.42. The molecule has 0 aromatic rings. The molecule has 0 aromatic carbocycles. The Hall–Kier alpha value is -0.780. The first kappa shape index (κ1) is 19.3. The lowest BCUT2D eigenvalue weighted by atomic mass is 9.80. The number of sulfone groups is 1. The number of carbonyl (C=O) groups is 1. The van der Waals surface area contributed by atoms with Crippen LogP contribution in [0.25, 0.3) is 0 Å². The van der Waals surface area contributed by atoms with Crippen LogP contribution in [0.2, 0.25) is 0 Å². The molecule has 2 amide bonds. The zero-order valence-corrected chi connectivity index (χ0v) is 15.4. The lowest BCUT2D eigenvalue weighted by Gasteiger charge is -2.36. The number of amides is 2. The van der Waals surface area contributed by atoms with Crippen molar-refractivity contribution < 1.29 is 13.2 Å². The van der Waals surface area contributed by atoms with Crippen LogP contribution in [0.1, 0.15) is 53.9 Å². The Balaban J connectivity index is 2.64. The molecule has 22 heavy (non-hydrogen) atoms. The van der Waals surface area contributed by atoms with E-state index >= 15 is 0 Å². The van der Waals surface area contributed by atoms with Gasteiger partial charge in [-0.3, -0.25) is 0 Å². The van der Waals surface area contributed by atoms with E-state index in [9.17, 15) is 13.2 Å². The molecule has 0 aliphatic heterocycles. The number of urea groups is 1. The highest BCUT2D eigenvalue weighted by molar-refractivity contribution is 7.91. The van der Waals surface area contributed by atoms with Crippen LogP contribution < -0.4 is 5.32 Å². The molecule has 1 N–H and O–H groups in total. The molecule has 0 saturated heterocycles. The minimum absolute atomic E-state index is 0.0298. The van der Waals surface area contributed by atoms with E-state index in [0.29, 0.717) is 12.5 Å². The molecule has 1 rings (SSSR count). The summed E-state index contributed by atoms with van der Waals surface area (Å²) >= 11 is 0. The maximum absolute atomic E-state index is 12.5. The maximum atomic E-state index is 12.5. The maximum Gasteiger partial charge on any atom is 0.317 e. The van der Waals surface area contributed by atoms with Gasteiger partial charge in [-0.25, -0.2) is 13.2 Å². The van der Waals surface area contributed by atoms with Crippen molar-refractivity contribution >= 4 is 15.9 Å². The van der Waals surface area contributed by atoms with Crippen molar-refractivity contribution in [3.63, 3.8) is 0 Å². The molecule has 6 heteroatoms. The second-order valence-corrected chi connectivity index (χ2v) is 9.18. The molecule has 0 spiro atoms. The zero-order chi connectivity index (χ0) is 16.9. The Bertz CT molecular complexity index is 464. The molecule has 0 radical (unpaired) electrons. The summed E-state index contributed by atoms with van der Waals surface area (Å²) in [5.74, 6) is 1.34. The van der Waals surface area contributed by atoms with Gasteiger partial charge in [0.2, 0.25) is 0 Å². The van der Waals surface area contributed by atoms with Crippen LogP contribution in [0.5, 0.6) is 0 Å². The van der Waals surface area contributed by atoms with Crippen molar-refractivity contribution in [2.75, 3.05) is 18.1 Å². The Morgan fingerprint density at radius 2 is 1.91 bits per heavy atom. The lowest BCUT2D eigenvalue weighted by Crippen LogP contribution is -2.52. The standard InChI is InChI=1S/C16H32N2O3S/c1-6-18(14(5)11-22(20,21)7-2)16(19)17-15-9-8-12(3)10-13(15)4/h12-15H,6-11H2,1-5H3,(H,17,19). The minimum Gasteiger partial charge on any atom is -0.335 e. The number of nitrogens with zero attached hydrogens (tertiary/aromatic N) is 1. The molecule has 1 saturated carbocycles. The van der Waals surface area contributed by atoms with Crippen molar-refractivity contribution in [1.29, 1.82) is 0 Å². The number of nitrogens with one attached hydrogen (secondary N) is 1. The van der Waals surface area contributed by atoms with Gasteiger partial charge in [0, 0.05) is 24.4 Å². The van der Waals surface area contributed by atoms with Crippen molar-refractivity contribution in [3.8, 4) is 0 Å². The zero-order valence-electron chi connectivity index (χ0n) is 14.6. The molecule has 4 atom stereocenters. The van der Waals surface area contributed by atoms with Gasteiger partial charge in [0.05, 0.1) is 5.75 Å². The van der Waals surface area contributed by atoms with Crippen molar-refractivity contribution in [2.45, 2.75) is 66.0 Å². The molecule has 0 heterocycles. The minimum atomic E-state index is -3.08. The Morgan fingerprint density at radius 1 is 1.27 bits per heavy atom. The third kappa shape index (κ3) is 5.45. The topological polar surface area (TPSA) is 66.5 Å². The van der Waals surface area contributed by atoms with E-state index in [1.807, 2.05) is 13.8 Å². The first-order valence-corrected chi connectivity index (χ1v) is 10.3. The molecule has 130 valence electrons. The summed E-state index contributed by atoms with van der Waals surface area (Å²) < 4.78 is 23.5. The second-order valence-electron chi connectivity index (χ2n) is 6.79. The van der Waals surface area contributed by atoms with Gasteiger partial charge in [0.25, 0.3) is 0 Å². The SMILES string of the molecule is CCN(C(=O)NC1CCC(C)CC1C)C(C)CS(=O)(=O)CC. The highest BCUT2D eigenvalue weighted by Gasteiger charge is 2.29. The molecule has 1 aliphatic carbocycles. The summed E-state index contributed by atoms with van der Waals surface area (Å²) in [5.41, 5.74) is 0. The van der Waals surface area contributed by atoms with Gasteiger partial charge >= 0.3 is 6.03 Å². The van der Waals surface area contributed by atoms with Crippen LogP contribution in [-0.4, -0.2) is 49.5 Å². The number of hydrogen-bond donors (Lipinski definition) is 1. The number of carbonyl (C=O) groups excluding carboxylic acids is 1. The molecule has 0 bridgehead atoms. The van der Waals surface area contributed by atoms with Gasteiger partial charge in [0.15, 0.2) is 9.84 Å². The van der Waals surface area contributed by atoms with Gasteiger partial charge in [-0.2, -0.15) is 0 Å². The van der Waals surface area contributed by atoms with E-state index in [1.165, 1.54) is 0 Å². The van der Waals surface area contributed by atoms with Crippen LogP contribution >= 0.6 is 0 Å². The van der Waals surface area contributed by atoms with Gasteiger partial charge < -0.3 is 10.2 Å². The van der Waals surface area contributed by atoms with Gasteiger partial charge in [0.1, 0.15) is 0 Å². The largest absolute Gasteiger partial charge is 0.335 e. The average molecular weight is 333 g/mol. The van der Waals surface area contributed by atoms with E-state index < -0.39 is 9.84 Å². The quantitative estimate of drug-likeness (QED) is 0.813. The van der Waals surface area contributed by atoms with Crippen LogP contribution in [0.3, 0.4) is 0 Å². The summed E-state index contributed by atoms with van der Waals surface area (Å²) in [6.07, 6.45) is 3.28. The van der Waals surface area contributed by atoms with Crippen LogP contribution in [0, 0.1) is 11.8 Å². The molecule has 1 aliphatic rings. The normalized spacial score (nSPS) is 27.2. The second kappa shape index (κ2) is 8.18. The number of rotatable bonds is 6. The summed E-state index contributed by atoms with van der Waals surface area (Å²) in [6, 6.07) is -0.229. The Kier molecular flexibility index (Phi) is 7.16. The van der Waals surface area contributed by atoms with E-state index in [2.05, 4.69) is 19.2 Å². The smallest absolute Gasteiger partial charge is 0.317 e. The third-order valence-corrected chi connectivity index (χ3v) is 6.68. The highest BCUT2D eigenvalue weighted by atomic mass is 32.2.